The lowest BCUT2D eigenvalue weighted by molar-refractivity contribution is -0.232. The SMILES string of the molecule is CC(C)(C)ON1CCNCC1.NC=O. The number of nitrogens with one attached hydrogen (secondary N) is 1. The molecule has 5 nitrogen and oxygen atoms in total. The van der Waals surface area contributed by atoms with Crippen LogP contribution in [0.15, 0.2) is 0 Å². The van der Waals surface area contributed by atoms with Crippen molar-refractivity contribution in [3.63, 3.8) is 0 Å². The van der Waals surface area contributed by atoms with E-state index in [4.69, 9.17) is 9.63 Å². The van der Waals surface area contributed by atoms with Crippen molar-refractivity contribution in [2.24, 2.45) is 5.73 Å². The molecule has 1 aliphatic rings. The van der Waals surface area contributed by atoms with Gasteiger partial charge in [0.15, 0.2) is 0 Å². The summed E-state index contributed by atoms with van der Waals surface area (Å²) in [4.78, 5) is 14.3. The fourth-order valence-electron chi connectivity index (χ4n) is 1.12. The molecule has 0 aromatic rings. The van der Waals surface area contributed by atoms with E-state index in [0.717, 1.165) is 26.2 Å². The van der Waals surface area contributed by atoms with Gasteiger partial charge in [0, 0.05) is 26.2 Å². The summed E-state index contributed by atoms with van der Waals surface area (Å²) in [6.07, 6.45) is 0.250. The van der Waals surface area contributed by atoms with Gasteiger partial charge in [-0.25, -0.2) is 0 Å². The predicted octanol–water partition coefficient (Wildman–Crippen LogP) is -0.277. The molecule has 84 valence electrons. The maximum Gasteiger partial charge on any atom is 0.204 e. The van der Waals surface area contributed by atoms with E-state index in [1.807, 2.05) is 5.06 Å². The Balaban J connectivity index is 0.000000500. The molecule has 0 aromatic carbocycles. The maximum atomic E-state index is 8.58. The molecule has 0 saturated carbocycles. The molecule has 3 N–H and O–H groups in total. The average molecular weight is 203 g/mol. The van der Waals surface area contributed by atoms with Crippen molar-refractivity contribution < 1.29 is 9.63 Å². The summed E-state index contributed by atoms with van der Waals surface area (Å²) in [5, 5.41) is 5.32. The minimum absolute atomic E-state index is 0.0443. The Morgan fingerprint density at radius 1 is 1.36 bits per heavy atom. The molecule has 0 aromatic heterocycles. The second-order valence-corrected chi connectivity index (χ2v) is 4.02. The number of nitrogens with zero attached hydrogens (tertiary/aromatic N) is 1. The van der Waals surface area contributed by atoms with Crippen LogP contribution >= 0.6 is 0 Å². The zero-order valence-electron chi connectivity index (χ0n) is 9.25. The number of carbonyl (C=O) groups excluding carboxylic acids is 1. The van der Waals surface area contributed by atoms with Crippen LogP contribution in [-0.4, -0.2) is 43.3 Å². The molecule has 0 spiro atoms. The predicted molar refractivity (Wildman–Crippen MR) is 55.5 cm³/mol. The molecule has 5 heteroatoms. The maximum absolute atomic E-state index is 8.58. The van der Waals surface area contributed by atoms with Crippen LogP contribution < -0.4 is 11.1 Å². The van der Waals surface area contributed by atoms with Gasteiger partial charge in [0.25, 0.3) is 0 Å². The van der Waals surface area contributed by atoms with Gasteiger partial charge in [0.2, 0.25) is 6.41 Å². The van der Waals surface area contributed by atoms with Crippen LogP contribution in [0.4, 0.5) is 0 Å². The zero-order chi connectivity index (χ0) is 11.0. The van der Waals surface area contributed by atoms with Crippen LogP contribution in [0.5, 0.6) is 0 Å². The van der Waals surface area contributed by atoms with Gasteiger partial charge in [-0.05, 0) is 20.8 Å². The van der Waals surface area contributed by atoms with Crippen molar-refractivity contribution in [1.29, 1.82) is 0 Å². The Bertz CT molecular complexity index is 151. The molecule has 1 heterocycles. The number of rotatable bonds is 1. The molecule has 1 aliphatic heterocycles. The highest BCUT2D eigenvalue weighted by Gasteiger charge is 2.18. The van der Waals surface area contributed by atoms with E-state index in [0.29, 0.717) is 0 Å². The first-order valence-electron chi connectivity index (χ1n) is 4.80. The Kier molecular flexibility index (Phi) is 6.44. The van der Waals surface area contributed by atoms with Crippen molar-refractivity contribution in [2.45, 2.75) is 26.4 Å². The Labute approximate surface area is 85.5 Å². The minimum atomic E-state index is -0.0443. The third-order valence-electron chi connectivity index (χ3n) is 1.48. The molecule has 0 radical (unpaired) electrons. The van der Waals surface area contributed by atoms with E-state index in [9.17, 15) is 0 Å². The molecule has 1 saturated heterocycles. The lowest BCUT2D eigenvalue weighted by atomic mass is 10.2. The van der Waals surface area contributed by atoms with Crippen LogP contribution in [0.3, 0.4) is 0 Å². The van der Waals surface area contributed by atoms with E-state index in [1.165, 1.54) is 0 Å². The highest BCUT2D eigenvalue weighted by molar-refractivity contribution is 5.42. The van der Waals surface area contributed by atoms with Crippen LogP contribution in [0.25, 0.3) is 0 Å². The summed E-state index contributed by atoms with van der Waals surface area (Å²) in [6.45, 7) is 10.3. The number of nitrogens with two attached hydrogens (primary N) is 1. The number of carbonyl (C=O) groups is 1. The first kappa shape index (κ1) is 13.4. The quantitative estimate of drug-likeness (QED) is 0.575. The van der Waals surface area contributed by atoms with Crippen molar-refractivity contribution in [3.8, 4) is 0 Å². The summed E-state index contributed by atoms with van der Waals surface area (Å²) in [6, 6.07) is 0. The van der Waals surface area contributed by atoms with Crippen LogP contribution in [-0.2, 0) is 9.63 Å². The second kappa shape index (κ2) is 6.75. The number of primary amides is 1. The zero-order valence-corrected chi connectivity index (χ0v) is 9.25. The van der Waals surface area contributed by atoms with E-state index in [-0.39, 0.29) is 12.0 Å². The number of hydroxylamine groups is 2. The standard InChI is InChI=1S/C8H18N2O.CH3NO/c1-8(2,3)11-10-6-4-9-5-7-10;2-1-3/h9H,4-7H2,1-3H3;1H,(H2,2,3). The second-order valence-electron chi connectivity index (χ2n) is 4.02. The van der Waals surface area contributed by atoms with Gasteiger partial charge in [-0.15, -0.1) is 0 Å². The lowest BCUT2D eigenvalue weighted by Crippen LogP contribution is -2.46. The summed E-state index contributed by atoms with van der Waals surface area (Å²) in [5.41, 5.74) is 4.12. The smallest absolute Gasteiger partial charge is 0.204 e. The van der Waals surface area contributed by atoms with Gasteiger partial charge in [-0.1, -0.05) is 0 Å². The molecule has 1 amide bonds. The third-order valence-corrected chi connectivity index (χ3v) is 1.48. The topological polar surface area (TPSA) is 67.6 Å². The average Bonchev–Trinajstić information content (AvgIpc) is 2.04. The number of hydrogen-bond donors (Lipinski definition) is 2. The molecular formula is C9H21N3O2. The largest absolute Gasteiger partial charge is 0.372 e. The number of piperazine rings is 1. The molecule has 1 rings (SSSR count). The van der Waals surface area contributed by atoms with Gasteiger partial charge < -0.3 is 11.1 Å². The van der Waals surface area contributed by atoms with E-state index in [2.05, 4.69) is 31.8 Å². The van der Waals surface area contributed by atoms with Crippen molar-refractivity contribution in [2.75, 3.05) is 26.2 Å². The Morgan fingerprint density at radius 3 is 2.14 bits per heavy atom. The highest BCUT2D eigenvalue weighted by atomic mass is 16.7. The van der Waals surface area contributed by atoms with Gasteiger partial charge >= 0.3 is 0 Å². The molecule has 1 fully saturated rings. The summed E-state index contributed by atoms with van der Waals surface area (Å²) in [5.74, 6) is 0. The monoisotopic (exact) mass is 203 g/mol. The Hall–Kier alpha value is -0.650. The van der Waals surface area contributed by atoms with Crippen molar-refractivity contribution in [1.82, 2.24) is 10.4 Å². The molecular weight excluding hydrogens is 182 g/mol. The van der Waals surface area contributed by atoms with Gasteiger partial charge in [0.05, 0.1) is 5.60 Å². The number of hydrogen-bond acceptors (Lipinski definition) is 4. The summed E-state index contributed by atoms with van der Waals surface area (Å²) in [7, 11) is 0. The lowest BCUT2D eigenvalue weighted by Gasteiger charge is -2.32. The number of amides is 1. The fourth-order valence-corrected chi connectivity index (χ4v) is 1.12. The van der Waals surface area contributed by atoms with Crippen molar-refractivity contribution in [3.05, 3.63) is 0 Å². The highest BCUT2D eigenvalue weighted by Crippen LogP contribution is 2.10. The van der Waals surface area contributed by atoms with E-state index in [1.54, 1.807) is 0 Å². The van der Waals surface area contributed by atoms with Crippen LogP contribution in [0.2, 0.25) is 0 Å². The van der Waals surface area contributed by atoms with Gasteiger partial charge in [0.1, 0.15) is 0 Å². The molecule has 0 aliphatic carbocycles. The van der Waals surface area contributed by atoms with Gasteiger partial charge in [-0.3, -0.25) is 9.63 Å². The molecule has 0 unspecified atom stereocenters. The van der Waals surface area contributed by atoms with Crippen LogP contribution in [0.1, 0.15) is 20.8 Å². The van der Waals surface area contributed by atoms with Crippen molar-refractivity contribution >= 4 is 6.41 Å². The summed E-state index contributed by atoms with van der Waals surface area (Å²) < 4.78 is 0. The minimum Gasteiger partial charge on any atom is -0.372 e. The Morgan fingerprint density at radius 2 is 1.79 bits per heavy atom. The summed E-state index contributed by atoms with van der Waals surface area (Å²) >= 11 is 0. The fraction of sp³-hybridized carbons (Fsp3) is 0.889. The normalized spacial score (nSPS) is 18.2. The molecule has 0 bridgehead atoms. The molecule has 14 heavy (non-hydrogen) atoms. The van der Waals surface area contributed by atoms with Crippen LogP contribution in [0, 0.1) is 0 Å². The van der Waals surface area contributed by atoms with E-state index < -0.39 is 0 Å². The first-order valence-corrected chi connectivity index (χ1v) is 4.80. The molecule has 0 atom stereocenters. The third kappa shape index (κ3) is 7.97. The first-order chi connectivity index (χ1) is 6.49. The van der Waals surface area contributed by atoms with E-state index >= 15 is 0 Å². The van der Waals surface area contributed by atoms with Gasteiger partial charge in [-0.2, -0.15) is 5.06 Å².